The molecule has 2 aromatic carbocycles. The van der Waals surface area contributed by atoms with Crippen molar-refractivity contribution in [3.8, 4) is 11.5 Å². The first-order valence-electron chi connectivity index (χ1n) is 8.75. The second kappa shape index (κ2) is 8.77. The minimum absolute atomic E-state index is 0.145. The Balaban J connectivity index is 1.46. The number of hydrogen-bond donors (Lipinski definition) is 2. The van der Waals surface area contributed by atoms with Crippen LogP contribution in [0.1, 0.15) is 35.3 Å². The molecular weight excluding hydrogens is 368 g/mol. The van der Waals surface area contributed by atoms with Gasteiger partial charge in [-0.25, -0.2) is 0 Å². The highest BCUT2D eigenvalue weighted by molar-refractivity contribution is 6.30. The van der Waals surface area contributed by atoms with Crippen LogP contribution in [0.5, 0.6) is 11.5 Å². The van der Waals surface area contributed by atoms with Crippen molar-refractivity contribution < 1.29 is 19.1 Å². The Morgan fingerprint density at radius 1 is 1.07 bits per heavy atom. The zero-order valence-corrected chi connectivity index (χ0v) is 15.7. The second-order valence-corrected chi connectivity index (χ2v) is 6.64. The van der Waals surface area contributed by atoms with Crippen LogP contribution in [0.25, 0.3) is 0 Å². The van der Waals surface area contributed by atoms with Gasteiger partial charge in [0, 0.05) is 23.6 Å². The molecule has 7 heteroatoms. The van der Waals surface area contributed by atoms with Gasteiger partial charge in [0.05, 0.1) is 6.04 Å². The average molecular weight is 389 g/mol. The first-order valence-corrected chi connectivity index (χ1v) is 9.13. The second-order valence-electron chi connectivity index (χ2n) is 6.21. The number of carbonyl (C=O) groups is 2. The van der Waals surface area contributed by atoms with E-state index in [1.54, 1.807) is 24.3 Å². The van der Waals surface area contributed by atoms with E-state index in [0.29, 0.717) is 35.3 Å². The van der Waals surface area contributed by atoms with Crippen LogP contribution in [-0.4, -0.2) is 31.6 Å². The van der Waals surface area contributed by atoms with Crippen LogP contribution >= 0.6 is 11.6 Å². The molecule has 0 aromatic heterocycles. The van der Waals surface area contributed by atoms with Crippen LogP contribution in [0.2, 0.25) is 5.02 Å². The summed E-state index contributed by atoms with van der Waals surface area (Å²) < 4.78 is 11.1. The topological polar surface area (TPSA) is 76.7 Å². The molecule has 2 amide bonds. The third-order valence-corrected chi connectivity index (χ3v) is 4.44. The minimum atomic E-state index is -0.237. The number of halogens is 1. The summed E-state index contributed by atoms with van der Waals surface area (Å²) in [5.41, 5.74) is 1.43. The van der Waals surface area contributed by atoms with Gasteiger partial charge >= 0.3 is 0 Å². The fourth-order valence-corrected chi connectivity index (χ4v) is 2.85. The van der Waals surface area contributed by atoms with E-state index in [1.807, 2.05) is 25.1 Å². The summed E-state index contributed by atoms with van der Waals surface area (Å²) in [6.45, 7) is 3.21. The van der Waals surface area contributed by atoms with Crippen molar-refractivity contribution in [1.29, 1.82) is 0 Å². The molecule has 0 saturated heterocycles. The van der Waals surface area contributed by atoms with Crippen molar-refractivity contribution in [1.82, 2.24) is 10.6 Å². The van der Waals surface area contributed by atoms with E-state index < -0.39 is 0 Å². The number of rotatable bonds is 6. The maximum absolute atomic E-state index is 12.1. The molecule has 2 aromatic rings. The van der Waals surface area contributed by atoms with Gasteiger partial charge in [0.1, 0.15) is 13.2 Å². The van der Waals surface area contributed by atoms with Gasteiger partial charge in [0.25, 0.3) is 5.91 Å². The predicted molar refractivity (Wildman–Crippen MR) is 102 cm³/mol. The molecule has 0 saturated carbocycles. The van der Waals surface area contributed by atoms with E-state index in [0.717, 1.165) is 5.56 Å². The lowest BCUT2D eigenvalue weighted by Gasteiger charge is -2.21. The Hall–Kier alpha value is -2.73. The van der Waals surface area contributed by atoms with Crippen molar-refractivity contribution in [3.05, 3.63) is 58.6 Å². The van der Waals surface area contributed by atoms with E-state index in [2.05, 4.69) is 10.6 Å². The van der Waals surface area contributed by atoms with Gasteiger partial charge in [0.2, 0.25) is 5.91 Å². The average Bonchev–Trinajstić information content (AvgIpc) is 2.68. The molecule has 0 unspecified atom stereocenters. The molecule has 0 bridgehead atoms. The minimum Gasteiger partial charge on any atom is -0.486 e. The van der Waals surface area contributed by atoms with Crippen molar-refractivity contribution in [2.24, 2.45) is 0 Å². The molecule has 0 spiro atoms. The van der Waals surface area contributed by atoms with Crippen molar-refractivity contribution in [2.75, 3.05) is 19.8 Å². The van der Waals surface area contributed by atoms with Gasteiger partial charge in [0.15, 0.2) is 11.5 Å². The van der Waals surface area contributed by atoms with Crippen molar-refractivity contribution in [2.45, 2.75) is 19.4 Å². The smallest absolute Gasteiger partial charge is 0.251 e. The van der Waals surface area contributed by atoms with Crippen molar-refractivity contribution >= 4 is 23.4 Å². The molecule has 0 aliphatic carbocycles. The van der Waals surface area contributed by atoms with E-state index in [9.17, 15) is 9.59 Å². The molecule has 0 radical (unpaired) electrons. The van der Waals surface area contributed by atoms with E-state index in [4.69, 9.17) is 21.1 Å². The molecule has 2 N–H and O–H groups in total. The Bertz CT molecular complexity index is 823. The molecular formula is C20H21ClN2O4. The van der Waals surface area contributed by atoms with Crippen LogP contribution < -0.4 is 20.1 Å². The molecule has 1 atom stereocenters. The summed E-state index contributed by atoms with van der Waals surface area (Å²) in [4.78, 5) is 24.1. The van der Waals surface area contributed by atoms with Gasteiger partial charge in [-0.2, -0.15) is 0 Å². The van der Waals surface area contributed by atoms with E-state index in [-0.39, 0.29) is 30.8 Å². The highest BCUT2D eigenvalue weighted by Gasteiger charge is 2.16. The molecule has 1 aliphatic rings. The number of nitrogens with one attached hydrogen (secondary N) is 2. The zero-order chi connectivity index (χ0) is 19.2. The van der Waals surface area contributed by atoms with E-state index >= 15 is 0 Å². The van der Waals surface area contributed by atoms with Gasteiger partial charge in [-0.05, 0) is 48.9 Å². The Kier molecular flexibility index (Phi) is 6.19. The Morgan fingerprint density at radius 2 is 1.78 bits per heavy atom. The van der Waals surface area contributed by atoms with Gasteiger partial charge in [-0.1, -0.05) is 17.7 Å². The monoisotopic (exact) mass is 388 g/mol. The first-order chi connectivity index (χ1) is 13.0. The third kappa shape index (κ3) is 5.14. The molecule has 3 rings (SSSR count). The van der Waals surface area contributed by atoms with Crippen LogP contribution in [0.3, 0.4) is 0 Å². The largest absolute Gasteiger partial charge is 0.486 e. The number of ether oxygens (including phenoxy) is 2. The van der Waals surface area contributed by atoms with Crippen LogP contribution in [-0.2, 0) is 4.79 Å². The van der Waals surface area contributed by atoms with Crippen molar-refractivity contribution in [3.63, 3.8) is 0 Å². The van der Waals surface area contributed by atoms with Gasteiger partial charge in [-0.3, -0.25) is 9.59 Å². The summed E-state index contributed by atoms with van der Waals surface area (Å²) in [7, 11) is 0. The molecule has 142 valence electrons. The number of carbonyl (C=O) groups excluding carboxylic acids is 2. The third-order valence-electron chi connectivity index (χ3n) is 4.19. The number of benzene rings is 2. The molecule has 0 fully saturated rings. The highest BCUT2D eigenvalue weighted by Crippen LogP contribution is 2.32. The number of hydrogen-bond acceptors (Lipinski definition) is 4. The van der Waals surface area contributed by atoms with Gasteiger partial charge < -0.3 is 20.1 Å². The SMILES string of the molecule is C[C@H](NC(=O)CCNC(=O)c1ccc(Cl)cc1)c1ccc2c(c1)OCCO2. The summed E-state index contributed by atoms with van der Waals surface area (Å²) in [6.07, 6.45) is 0.189. The van der Waals surface area contributed by atoms with E-state index in [1.165, 1.54) is 0 Å². The highest BCUT2D eigenvalue weighted by atomic mass is 35.5. The lowest BCUT2D eigenvalue weighted by atomic mass is 10.1. The predicted octanol–water partition coefficient (Wildman–Crippen LogP) is 3.11. The summed E-state index contributed by atoms with van der Waals surface area (Å²) >= 11 is 5.80. The maximum atomic E-state index is 12.1. The number of fused-ring (bicyclic) bond motifs is 1. The summed E-state index contributed by atoms with van der Waals surface area (Å²) in [6, 6.07) is 12.0. The fourth-order valence-electron chi connectivity index (χ4n) is 2.72. The Morgan fingerprint density at radius 3 is 2.52 bits per heavy atom. The standard InChI is InChI=1S/C20H21ClN2O4/c1-13(15-4-7-17-18(12-15)27-11-10-26-17)23-19(24)8-9-22-20(25)14-2-5-16(21)6-3-14/h2-7,12-13H,8-11H2,1H3,(H,22,25)(H,23,24)/t13-/m0/s1. The number of amides is 2. The fraction of sp³-hybridized carbons (Fsp3) is 0.300. The maximum Gasteiger partial charge on any atom is 0.251 e. The molecule has 6 nitrogen and oxygen atoms in total. The summed E-state index contributed by atoms with van der Waals surface area (Å²) in [5, 5.41) is 6.21. The van der Waals surface area contributed by atoms with Crippen LogP contribution in [0.4, 0.5) is 0 Å². The normalized spacial score (nSPS) is 13.6. The Labute approximate surface area is 162 Å². The molecule has 27 heavy (non-hydrogen) atoms. The first kappa shape index (κ1) is 19.0. The molecule has 1 aliphatic heterocycles. The lowest BCUT2D eigenvalue weighted by molar-refractivity contribution is -0.121. The zero-order valence-electron chi connectivity index (χ0n) is 15.0. The molecule has 1 heterocycles. The lowest BCUT2D eigenvalue weighted by Crippen LogP contribution is -2.32. The summed E-state index contributed by atoms with van der Waals surface area (Å²) in [5.74, 6) is 1.02. The van der Waals surface area contributed by atoms with Crippen LogP contribution in [0.15, 0.2) is 42.5 Å². The van der Waals surface area contributed by atoms with Gasteiger partial charge in [-0.15, -0.1) is 0 Å². The quantitative estimate of drug-likeness (QED) is 0.797. The van der Waals surface area contributed by atoms with Crippen LogP contribution in [0, 0.1) is 0 Å².